The van der Waals surface area contributed by atoms with E-state index in [4.69, 9.17) is 0 Å². The van der Waals surface area contributed by atoms with Gasteiger partial charge in [-0.15, -0.1) is 0 Å². The summed E-state index contributed by atoms with van der Waals surface area (Å²) < 4.78 is 27.7. The Morgan fingerprint density at radius 1 is 1.04 bits per heavy atom. The number of aryl methyl sites for hydroxylation is 1. The molecule has 1 amide bonds. The van der Waals surface area contributed by atoms with E-state index in [1.165, 1.54) is 12.1 Å². The van der Waals surface area contributed by atoms with E-state index in [9.17, 15) is 13.2 Å². The van der Waals surface area contributed by atoms with Gasteiger partial charge in [0.2, 0.25) is 0 Å². The predicted octanol–water partition coefficient (Wildman–Crippen LogP) is 2.23. The molecule has 1 aliphatic heterocycles. The van der Waals surface area contributed by atoms with Crippen molar-refractivity contribution < 1.29 is 13.2 Å². The summed E-state index contributed by atoms with van der Waals surface area (Å²) >= 11 is 0. The Labute approximate surface area is 154 Å². The molecule has 0 aliphatic carbocycles. The number of para-hydroxylation sites is 1. The minimum Gasteiger partial charge on any atom is -0.337 e. The second kappa shape index (κ2) is 7.88. The fourth-order valence-electron chi connectivity index (χ4n) is 2.90. The number of sulfonamides is 1. The zero-order valence-corrected chi connectivity index (χ0v) is 15.6. The Balaban J connectivity index is 1.76. The second-order valence-corrected chi connectivity index (χ2v) is 8.02. The smallest absolute Gasteiger partial charge is 0.261 e. The highest BCUT2D eigenvalue weighted by Crippen LogP contribution is 2.20. The SMILES string of the molecule is Cc1ccccc1NS(=O)(=O)c1ccc(C(=O)N2CCCNCC2)cc1. The Hall–Kier alpha value is -2.38. The first-order valence-electron chi connectivity index (χ1n) is 8.66. The summed E-state index contributed by atoms with van der Waals surface area (Å²) in [5.41, 5.74) is 1.89. The largest absolute Gasteiger partial charge is 0.337 e. The fourth-order valence-corrected chi connectivity index (χ4v) is 4.03. The average Bonchev–Trinajstić information content (AvgIpc) is 2.92. The number of hydrogen-bond acceptors (Lipinski definition) is 4. The van der Waals surface area contributed by atoms with Crippen molar-refractivity contribution in [2.75, 3.05) is 30.9 Å². The van der Waals surface area contributed by atoms with Gasteiger partial charge in [-0.3, -0.25) is 9.52 Å². The van der Waals surface area contributed by atoms with Crippen LogP contribution in [0.5, 0.6) is 0 Å². The predicted molar refractivity (Wildman–Crippen MR) is 102 cm³/mol. The third kappa shape index (κ3) is 4.23. The van der Waals surface area contributed by atoms with Gasteiger partial charge in [-0.05, 0) is 55.8 Å². The van der Waals surface area contributed by atoms with Gasteiger partial charge in [0.1, 0.15) is 0 Å². The lowest BCUT2D eigenvalue weighted by molar-refractivity contribution is 0.0766. The van der Waals surface area contributed by atoms with Gasteiger partial charge in [0, 0.05) is 25.2 Å². The van der Waals surface area contributed by atoms with Gasteiger partial charge in [-0.25, -0.2) is 8.42 Å². The van der Waals surface area contributed by atoms with Crippen LogP contribution >= 0.6 is 0 Å². The van der Waals surface area contributed by atoms with Crippen molar-refractivity contribution in [2.24, 2.45) is 0 Å². The van der Waals surface area contributed by atoms with E-state index in [1.807, 2.05) is 19.1 Å². The molecule has 6 nitrogen and oxygen atoms in total. The maximum absolute atomic E-state index is 12.6. The lowest BCUT2D eigenvalue weighted by atomic mass is 10.2. The Bertz CT molecular complexity index is 871. The van der Waals surface area contributed by atoms with Gasteiger partial charge in [0.05, 0.1) is 10.6 Å². The molecule has 0 unspecified atom stereocenters. The average molecular weight is 373 g/mol. The molecule has 1 fully saturated rings. The van der Waals surface area contributed by atoms with Crippen LogP contribution in [0, 0.1) is 6.92 Å². The highest BCUT2D eigenvalue weighted by Gasteiger charge is 2.19. The van der Waals surface area contributed by atoms with E-state index in [0.29, 0.717) is 24.3 Å². The van der Waals surface area contributed by atoms with E-state index in [-0.39, 0.29) is 10.8 Å². The summed E-state index contributed by atoms with van der Waals surface area (Å²) in [7, 11) is -3.69. The minimum absolute atomic E-state index is 0.0653. The van der Waals surface area contributed by atoms with Crippen molar-refractivity contribution in [2.45, 2.75) is 18.2 Å². The molecule has 26 heavy (non-hydrogen) atoms. The monoisotopic (exact) mass is 373 g/mol. The molecular formula is C19H23N3O3S. The van der Waals surface area contributed by atoms with Crippen molar-refractivity contribution in [3.63, 3.8) is 0 Å². The highest BCUT2D eigenvalue weighted by atomic mass is 32.2. The molecule has 1 saturated heterocycles. The Morgan fingerprint density at radius 3 is 2.50 bits per heavy atom. The van der Waals surface area contributed by atoms with E-state index in [0.717, 1.165) is 25.1 Å². The third-order valence-corrected chi connectivity index (χ3v) is 5.81. The molecule has 0 bridgehead atoms. The van der Waals surface area contributed by atoms with E-state index in [1.54, 1.807) is 29.2 Å². The van der Waals surface area contributed by atoms with Crippen molar-refractivity contribution >= 4 is 21.6 Å². The fraction of sp³-hybridized carbons (Fsp3) is 0.316. The number of nitrogens with zero attached hydrogens (tertiary/aromatic N) is 1. The number of carbonyl (C=O) groups is 1. The van der Waals surface area contributed by atoms with Crippen LogP contribution in [0.25, 0.3) is 0 Å². The van der Waals surface area contributed by atoms with Gasteiger partial charge in [-0.2, -0.15) is 0 Å². The molecule has 0 spiro atoms. The summed E-state index contributed by atoms with van der Waals surface area (Å²) in [6.45, 7) is 4.90. The number of rotatable bonds is 4. The molecule has 0 radical (unpaired) electrons. The van der Waals surface area contributed by atoms with Gasteiger partial charge in [0.15, 0.2) is 0 Å². The van der Waals surface area contributed by atoms with Crippen molar-refractivity contribution in [3.05, 3.63) is 59.7 Å². The van der Waals surface area contributed by atoms with Gasteiger partial charge in [-0.1, -0.05) is 18.2 Å². The van der Waals surface area contributed by atoms with Crippen molar-refractivity contribution in [1.29, 1.82) is 0 Å². The molecule has 0 saturated carbocycles. The Morgan fingerprint density at radius 2 is 1.77 bits per heavy atom. The Kier molecular flexibility index (Phi) is 5.58. The quantitative estimate of drug-likeness (QED) is 0.861. The molecule has 2 aromatic carbocycles. The standard InChI is InChI=1S/C19H23N3O3S/c1-15-5-2-3-6-18(15)21-26(24,25)17-9-7-16(8-10-17)19(23)22-13-4-11-20-12-14-22/h2-3,5-10,20-21H,4,11-14H2,1H3. The number of carbonyl (C=O) groups excluding carboxylic acids is 1. The first-order chi connectivity index (χ1) is 12.5. The maximum atomic E-state index is 12.6. The number of anilines is 1. The molecule has 138 valence electrons. The van der Waals surface area contributed by atoms with Crippen molar-refractivity contribution in [1.82, 2.24) is 10.2 Å². The van der Waals surface area contributed by atoms with Gasteiger partial charge < -0.3 is 10.2 Å². The van der Waals surface area contributed by atoms with E-state index >= 15 is 0 Å². The van der Waals surface area contributed by atoms with Crippen LogP contribution < -0.4 is 10.0 Å². The molecular weight excluding hydrogens is 350 g/mol. The molecule has 1 aliphatic rings. The van der Waals surface area contributed by atoms with Crippen LogP contribution in [-0.4, -0.2) is 45.4 Å². The number of amides is 1. The number of nitrogens with one attached hydrogen (secondary N) is 2. The first kappa shape index (κ1) is 18.4. The zero-order chi connectivity index (χ0) is 18.6. The summed E-state index contributed by atoms with van der Waals surface area (Å²) in [5.74, 6) is -0.0653. The summed E-state index contributed by atoms with van der Waals surface area (Å²) in [4.78, 5) is 14.5. The second-order valence-electron chi connectivity index (χ2n) is 6.34. The summed E-state index contributed by atoms with van der Waals surface area (Å²) in [5, 5.41) is 3.26. The van der Waals surface area contributed by atoms with E-state index in [2.05, 4.69) is 10.0 Å². The van der Waals surface area contributed by atoms with Crippen LogP contribution in [0.2, 0.25) is 0 Å². The molecule has 3 rings (SSSR count). The molecule has 2 N–H and O–H groups in total. The van der Waals surface area contributed by atoms with E-state index < -0.39 is 10.0 Å². The highest BCUT2D eigenvalue weighted by molar-refractivity contribution is 7.92. The summed E-state index contributed by atoms with van der Waals surface area (Å²) in [6.07, 6.45) is 0.915. The lowest BCUT2D eigenvalue weighted by Crippen LogP contribution is -2.34. The minimum atomic E-state index is -3.69. The summed E-state index contributed by atoms with van der Waals surface area (Å²) in [6, 6.07) is 13.3. The first-order valence-corrected chi connectivity index (χ1v) is 10.1. The molecule has 1 heterocycles. The van der Waals surface area contributed by atoms with Crippen LogP contribution in [0.3, 0.4) is 0 Å². The van der Waals surface area contributed by atoms with Crippen LogP contribution in [0.4, 0.5) is 5.69 Å². The molecule has 0 aromatic heterocycles. The molecule has 0 atom stereocenters. The van der Waals surface area contributed by atoms with Gasteiger partial charge in [0.25, 0.3) is 15.9 Å². The molecule has 2 aromatic rings. The maximum Gasteiger partial charge on any atom is 0.261 e. The van der Waals surface area contributed by atoms with Crippen LogP contribution in [0.15, 0.2) is 53.4 Å². The number of hydrogen-bond donors (Lipinski definition) is 2. The van der Waals surface area contributed by atoms with Crippen LogP contribution in [0.1, 0.15) is 22.3 Å². The topological polar surface area (TPSA) is 78.5 Å². The van der Waals surface area contributed by atoms with Crippen LogP contribution in [-0.2, 0) is 10.0 Å². The van der Waals surface area contributed by atoms with Gasteiger partial charge >= 0.3 is 0 Å². The lowest BCUT2D eigenvalue weighted by Gasteiger charge is -2.20. The molecule has 7 heteroatoms. The number of benzene rings is 2. The third-order valence-electron chi connectivity index (χ3n) is 4.43. The zero-order valence-electron chi connectivity index (χ0n) is 14.7. The van der Waals surface area contributed by atoms with Crippen molar-refractivity contribution in [3.8, 4) is 0 Å². The normalized spacial score (nSPS) is 15.3.